The fourth-order valence-electron chi connectivity index (χ4n) is 2.81. The van der Waals surface area contributed by atoms with Crippen molar-refractivity contribution in [3.05, 3.63) is 64.3 Å². The van der Waals surface area contributed by atoms with Crippen LogP contribution in [-0.4, -0.2) is 16.9 Å². The standard InChI is InChI=1S/C17H18N2/c1-13-6-4-5-7-16(13)17(2)10-14-8-9-18-11-15(14)12-19(17)3/h4-12H,1-3H3. The Kier molecular flexibility index (Phi) is 2.67. The molecule has 1 unspecified atom stereocenters. The molecule has 1 aromatic heterocycles. The van der Waals surface area contributed by atoms with Crippen molar-refractivity contribution in [1.82, 2.24) is 9.88 Å². The summed E-state index contributed by atoms with van der Waals surface area (Å²) in [5.41, 5.74) is 2.55. The van der Waals surface area contributed by atoms with Gasteiger partial charge < -0.3 is 4.90 Å². The van der Waals surface area contributed by atoms with E-state index in [-0.39, 0.29) is 5.54 Å². The molecule has 0 spiro atoms. The van der Waals surface area contributed by atoms with Gasteiger partial charge in [-0.25, -0.2) is 0 Å². The molecule has 96 valence electrons. The van der Waals surface area contributed by atoms with Gasteiger partial charge in [-0.2, -0.15) is 0 Å². The fourth-order valence-corrected chi connectivity index (χ4v) is 2.81. The van der Waals surface area contributed by atoms with E-state index in [4.69, 9.17) is 0 Å². The first kappa shape index (κ1) is 12.0. The number of nitrogens with zero attached hydrogens (tertiary/aromatic N) is 2. The lowest BCUT2D eigenvalue weighted by atomic mass is 9.85. The third-order valence-corrected chi connectivity index (χ3v) is 4.08. The van der Waals surface area contributed by atoms with Crippen LogP contribution in [0.1, 0.15) is 18.1 Å². The van der Waals surface area contributed by atoms with Gasteiger partial charge in [-0.3, -0.25) is 4.98 Å². The van der Waals surface area contributed by atoms with Gasteiger partial charge in [0.25, 0.3) is 0 Å². The van der Waals surface area contributed by atoms with Crippen LogP contribution >= 0.6 is 0 Å². The molecule has 0 bridgehead atoms. The Morgan fingerprint density at radius 1 is 1.11 bits per heavy atom. The van der Waals surface area contributed by atoms with Crippen molar-refractivity contribution >= 4 is 12.3 Å². The van der Waals surface area contributed by atoms with Crippen molar-refractivity contribution in [2.24, 2.45) is 0 Å². The molecule has 0 amide bonds. The van der Waals surface area contributed by atoms with Gasteiger partial charge in [-0.1, -0.05) is 24.3 Å². The molecule has 2 aromatic rings. The number of benzene rings is 1. The van der Waals surface area contributed by atoms with E-state index >= 15 is 0 Å². The number of pyridine rings is 1. The molecule has 0 N–H and O–H groups in total. The SMILES string of the molecule is Cc1ccccc1C1(C)C=c2ccncc2=CN1C. The Labute approximate surface area is 113 Å². The van der Waals surface area contributed by atoms with Crippen LogP contribution in [0.3, 0.4) is 0 Å². The summed E-state index contributed by atoms with van der Waals surface area (Å²) in [6.45, 7) is 4.43. The molecule has 0 saturated heterocycles. The van der Waals surface area contributed by atoms with Crippen LogP contribution in [0.5, 0.6) is 0 Å². The van der Waals surface area contributed by atoms with Crippen molar-refractivity contribution in [2.75, 3.05) is 7.05 Å². The Bertz CT molecular complexity index is 733. The summed E-state index contributed by atoms with van der Waals surface area (Å²) in [4.78, 5) is 6.46. The molecule has 2 heteroatoms. The summed E-state index contributed by atoms with van der Waals surface area (Å²) >= 11 is 0. The second kappa shape index (κ2) is 4.23. The fraction of sp³-hybridized carbons (Fsp3) is 0.235. The summed E-state index contributed by atoms with van der Waals surface area (Å²) in [7, 11) is 2.12. The van der Waals surface area contributed by atoms with Gasteiger partial charge in [-0.05, 0) is 42.3 Å². The first-order chi connectivity index (χ1) is 9.11. The third-order valence-electron chi connectivity index (χ3n) is 4.08. The molecule has 1 atom stereocenters. The number of rotatable bonds is 1. The average molecular weight is 250 g/mol. The van der Waals surface area contributed by atoms with Gasteiger partial charge >= 0.3 is 0 Å². The van der Waals surface area contributed by atoms with E-state index in [0.29, 0.717) is 0 Å². The number of hydrogen-bond donors (Lipinski definition) is 0. The van der Waals surface area contributed by atoms with Crippen LogP contribution in [0.2, 0.25) is 0 Å². The molecule has 0 aliphatic carbocycles. The van der Waals surface area contributed by atoms with Crippen molar-refractivity contribution < 1.29 is 0 Å². The highest BCUT2D eigenvalue weighted by molar-refractivity contribution is 5.53. The maximum atomic E-state index is 4.19. The second-order valence-corrected chi connectivity index (χ2v) is 5.35. The van der Waals surface area contributed by atoms with E-state index in [1.165, 1.54) is 21.6 Å². The van der Waals surface area contributed by atoms with E-state index in [1.54, 1.807) is 0 Å². The monoisotopic (exact) mass is 250 g/mol. The molecule has 0 saturated carbocycles. The molecule has 2 nitrogen and oxygen atoms in total. The second-order valence-electron chi connectivity index (χ2n) is 5.35. The van der Waals surface area contributed by atoms with E-state index in [9.17, 15) is 0 Å². The largest absolute Gasteiger partial charge is 0.367 e. The molecular weight excluding hydrogens is 232 g/mol. The predicted octanol–water partition coefficient (Wildman–Crippen LogP) is 1.77. The predicted molar refractivity (Wildman–Crippen MR) is 78.7 cm³/mol. The zero-order valence-electron chi connectivity index (χ0n) is 11.6. The maximum absolute atomic E-state index is 4.19. The van der Waals surface area contributed by atoms with Gasteiger partial charge in [0.2, 0.25) is 0 Å². The van der Waals surface area contributed by atoms with Crippen LogP contribution in [0.15, 0.2) is 42.7 Å². The van der Waals surface area contributed by atoms with Gasteiger partial charge in [-0.15, -0.1) is 0 Å². The van der Waals surface area contributed by atoms with Crippen molar-refractivity contribution in [3.8, 4) is 0 Å². The molecular formula is C17H18N2. The zero-order valence-corrected chi connectivity index (χ0v) is 11.6. The lowest BCUT2D eigenvalue weighted by Gasteiger charge is -2.39. The number of aromatic nitrogens is 1. The Balaban J connectivity index is 2.27. The summed E-state index contributed by atoms with van der Waals surface area (Å²) in [5.74, 6) is 0. The van der Waals surface area contributed by atoms with Crippen molar-refractivity contribution in [3.63, 3.8) is 0 Å². The van der Waals surface area contributed by atoms with Gasteiger partial charge in [0.05, 0.1) is 5.54 Å². The molecule has 19 heavy (non-hydrogen) atoms. The van der Waals surface area contributed by atoms with Crippen molar-refractivity contribution in [1.29, 1.82) is 0 Å². The molecule has 1 aromatic carbocycles. The molecule has 3 rings (SSSR count). The summed E-state index contributed by atoms with van der Waals surface area (Å²) in [6, 6.07) is 10.7. The smallest absolute Gasteiger partial charge is 0.0812 e. The number of fused-ring (bicyclic) bond motifs is 1. The van der Waals surface area contributed by atoms with E-state index in [1.807, 2.05) is 12.4 Å². The lowest BCUT2D eigenvalue weighted by Crippen LogP contribution is -2.45. The first-order valence-corrected chi connectivity index (χ1v) is 6.55. The minimum absolute atomic E-state index is 0.111. The van der Waals surface area contributed by atoms with E-state index in [0.717, 1.165) is 0 Å². The topological polar surface area (TPSA) is 16.1 Å². The van der Waals surface area contributed by atoms with Gasteiger partial charge in [0.15, 0.2) is 0 Å². The van der Waals surface area contributed by atoms with E-state index < -0.39 is 0 Å². The third kappa shape index (κ3) is 1.84. The Morgan fingerprint density at radius 2 is 1.89 bits per heavy atom. The van der Waals surface area contributed by atoms with Gasteiger partial charge in [0.1, 0.15) is 0 Å². The number of hydrogen-bond acceptors (Lipinski definition) is 2. The van der Waals surface area contributed by atoms with Crippen LogP contribution in [0.25, 0.3) is 12.3 Å². The number of aryl methyl sites for hydroxylation is 1. The summed E-state index contributed by atoms with van der Waals surface area (Å²) in [5, 5.41) is 2.43. The summed E-state index contributed by atoms with van der Waals surface area (Å²) in [6.07, 6.45) is 8.27. The molecule has 0 radical (unpaired) electrons. The molecule has 0 fully saturated rings. The van der Waals surface area contributed by atoms with E-state index in [2.05, 4.69) is 73.4 Å². The highest BCUT2D eigenvalue weighted by Crippen LogP contribution is 2.32. The quantitative estimate of drug-likeness (QED) is 0.767. The van der Waals surface area contributed by atoms with Crippen LogP contribution < -0.4 is 10.4 Å². The molecule has 2 heterocycles. The van der Waals surface area contributed by atoms with Gasteiger partial charge in [0, 0.05) is 30.9 Å². The molecule has 1 aliphatic rings. The average Bonchev–Trinajstić information content (AvgIpc) is 2.40. The maximum Gasteiger partial charge on any atom is 0.0812 e. The van der Waals surface area contributed by atoms with Crippen LogP contribution in [-0.2, 0) is 5.54 Å². The normalized spacial score (nSPS) is 21.3. The Hall–Kier alpha value is -2.09. The van der Waals surface area contributed by atoms with Crippen molar-refractivity contribution in [2.45, 2.75) is 19.4 Å². The van der Waals surface area contributed by atoms with Crippen LogP contribution in [0, 0.1) is 6.92 Å². The van der Waals surface area contributed by atoms with Crippen LogP contribution in [0.4, 0.5) is 0 Å². The molecule has 1 aliphatic heterocycles. The minimum atomic E-state index is -0.111. The summed E-state index contributed by atoms with van der Waals surface area (Å²) < 4.78 is 0. The lowest BCUT2D eigenvalue weighted by molar-refractivity contribution is 0.309. The highest BCUT2D eigenvalue weighted by Gasteiger charge is 2.30. The first-order valence-electron chi connectivity index (χ1n) is 6.55. The zero-order chi connectivity index (χ0) is 13.5. The highest BCUT2D eigenvalue weighted by atomic mass is 15.2. The minimum Gasteiger partial charge on any atom is -0.367 e. The Morgan fingerprint density at radius 3 is 2.68 bits per heavy atom.